The highest BCUT2D eigenvalue weighted by molar-refractivity contribution is 7.10. The maximum absolute atomic E-state index is 6.04. The van der Waals surface area contributed by atoms with E-state index in [-0.39, 0.29) is 6.04 Å². The number of nitrogens with two attached hydrogens (primary N) is 1. The lowest BCUT2D eigenvalue weighted by Crippen LogP contribution is -2.29. The summed E-state index contributed by atoms with van der Waals surface area (Å²) in [6, 6.07) is 3.84. The molecule has 3 N–H and O–H groups in total. The van der Waals surface area contributed by atoms with Crippen LogP contribution >= 0.6 is 22.9 Å². The van der Waals surface area contributed by atoms with Gasteiger partial charge in [0.1, 0.15) is 0 Å². The number of halogens is 1. The first-order valence-electron chi connectivity index (χ1n) is 4.51. The third kappa shape index (κ3) is 2.41. The van der Waals surface area contributed by atoms with Gasteiger partial charge in [0, 0.05) is 4.88 Å². The molecule has 2 aromatic rings. The standard InChI is InChI=1S/C10H11ClN2OS/c11-8-2-4-15-10(8)9(13-12)5-7-1-3-14-6-7/h1-4,6,9,13H,5,12H2. The number of thiophene rings is 1. The van der Waals surface area contributed by atoms with Gasteiger partial charge < -0.3 is 4.42 Å². The van der Waals surface area contributed by atoms with Crippen molar-refractivity contribution in [1.82, 2.24) is 5.43 Å². The molecule has 0 aliphatic rings. The quantitative estimate of drug-likeness (QED) is 0.640. The summed E-state index contributed by atoms with van der Waals surface area (Å²) in [5, 5.41) is 2.71. The van der Waals surface area contributed by atoms with Crippen LogP contribution in [0.2, 0.25) is 5.02 Å². The van der Waals surface area contributed by atoms with Gasteiger partial charge in [-0.25, -0.2) is 0 Å². The lowest BCUT2D eigenvalue weighted by atomic mass is 10.1. The molecule has 2 aromatic heterocycles. The van der Waals surface area contributed by atoms with Crippen molar-refractivity contribution in [1.29, 1.82) is 0 Å². The van der Waals surface area contributed by atoms with Gasteiger partial charge in [0.05, 0.1) is 23.6 Å². The molecular weight excluding hydrogens is 232 g/mol. The number of hydrogen-bond donors (Lipinski definition) is 2. The SMILES string of the molecule is NNC(Cc1ccoc1)c1sccc1Cl. The van der Waals surface area contributed by atoms with Crippen LogP contribution in [0.5, 0.6) is 0 Å². The summed E-state index contributed by atoms with van der Waals surface area (Å²) in [4.78, 5) is 1.06. The molecule has 15 heavy (non-hydrogen) atoms. The van der Waals surface area contributed by atoms with E-state index in [4.69, 9.17) is 21.9 Å². The van der Waals surface area contributed by atoms with E-state index in [0.717, 1.165) is 21.9 Å². The van der Waals surface area contributed by atoms with Gasteiger partial charge in [0.2, 0.25) is 0 Å². The minimum atomic E-state index is 0.0371. The second kappa shape index (κ2) is 4.81. The molecule has 80 valence electrons. The maximum atomic E-state index is 6.04. The number of rotatable bonds is 4. The number of furan rings is 1. The molecular formula is C10H11ClN2OS. The van der Waals surface area contributed by atoms with Gasteiger partial charge in [-0.3, -0.25) is 11.3 Å². The van der Waals surface area contributed by atoms with E-state index in [1.54, 1.807) is 23.9 Å². The van der Waals surface area contributed by atoms with Gasteiger partial charge in [-0.15, -0.1) is 11.3 Å². The average Bonchev–Trinajstić information content (AvgIpc) is 2.85. The zero-order chi connectivity index (χ0) is 10.7. The van der Waals surface area contributed by atoms with Gasteiger partial charge in [-0.1, -0.05) is 11.6 Å². The van der Waals surface area contributed by atoms with Gasteiger partial charge in [0.15, 0.2) is 0 Å². The van der Waals surface area contributed by atoms with Crippen LogP contribution in [0.15, 0.2) is 34.5 Å². The van der Waals surface area contributed by atoms with Crippen molar-refractivity contribution in [3.63, 3.8) is 0 Å². The average molecular weight is 243 g/mol. The molecule has 3 nitrogen and oxygen atoms in total. The predicted octanol–water partition coefficient (Wildman–Crippen LogP) is 2.74. The van der Waals surface area contributed by atoms with Crippen LogP contribution in [-0.4, -0.2) is 0 Å². The molecule has 0 saturated heterocycles. The third-order valence-corrected chi connectivity index (χ3v) is 3.65. The predicted molar refractivity (Wildman–Crippen MR) is 61.8 cm³/mol. The van der Waals surface area contributed by atoms with Crippen molar-refractivity contribution >= 4 is 22.9 Å². The summed E-state index contributed by atoms with van der Waals surface area (Å²) < 4.78 is 5.01. The fourth-order valence-corrected chi connectivity index (χ4v) is 2.68. The summed E-state index contributed by atoms with van der Waals surface area (Å²) in [5.74, 6) is 5.52. The zero-order valence-corrected chi connectivity index (χ0v) is 9.52. The van der Waals surface area contributed by atoms with E-state index in [1.165, 1.54) is 0 Å². The Morgan fingerprint density at radius 1 is 1.53 bits per heavy atom. The van der Waals surface area contributed by atoms with Gasteiger partial charge >= 0.3 is 0 Å². The largest absolute Gasteiger partial charge is 0.472 e. The highest BCUT2D eigenvalue weighted by atomic mass is 35.5. The molecule has 0 fully saturated rings. The van der Waals surface area contributed by atoms with Crippen LogP contribution < -0.4 is 11.3 Å². The van der Waals surface area contributed by atoms with E-state index in [9.17, 15) is 0 Å². The van der Waals surface area contributed by atoms with Crippen LogP contribution in [-0.2, 0) is 6.42 Å². The van der Waals surface area contributed by atoms with Crippen molar-refractivity contribution in [2.45, 2.75) is 12.5 Å². The fourth-order valence-electron chi connectivity index (χ4n) is 1.43. The zero-order valence-electron chi connectivity index (χ0n) is 7.94. The Morgan fingerprint density at radius 2 is 2.40 bits per heavy atom. The Kier molecular flexibility index (Phi) is 3.43. The third-order valence-electron chi connectivity index (χ3n) is 2.18. The van der Waals surface area contributed by atoms with Gasteiger partial charge in [-0.05, 0) is 29.5 Å². The molecule has 0 bridgehead atoms. The second-order valence-corrected chi connectivity index (χ2v) is 4.54. The Bertz CT molecular complexity index is 413. The molecule has 0 amide bonds. The molecule has 0 aromatic carbocycles. The molecule has 0 radical (unpaired) electrons. The monoisotopic (exact) mass is 242 g/mol. The Labute approximate surface area is 96.8 Å². The van der Waals surface area contributed by atoms with Crippen molar-refractivity contribution in [2.75, 3.05) is 0 Å². The van der Waals surface area contributed by atoms with E-state index in [2.05, 4.69) is 5.43 Å². The van der Waals surface area contributed by atoms with E-state index < -0.39 is 0 Å². The first-order valence-corrected chi connectivity index (χ1v) is 5.77. The van der Waals surface area contributed by atoms with Crippen molar-refractivity contribution in [3.05, 3.63) is 45.5 Å². The Balaban J connectivity index is 2.15. The number of nitrogens with one attached hydrogen (secondary N) is 1. The molecule has 2 rings (SSSR count). The van der Waals surface area contributed by atoms with E-state index in [0.29, 0.717) is 0 Å². The fraction of sp³-hybridized carbons (Fsp3) is 0.200. The molecule has 1 atom stereocenters. The van der Waals surface area contributed by atoms with Gasteiger partial charge in [-0.2, -0.15) is 0 Å². The summed E-state index contributed by atoms with van der Waals surface area (Å²) >= 11 is 7.64. The molecule has 5 heteroatoms. The molecule has 2 heterocycles. The molecule has 1 unspecified atom stereocenters. The Hall–Kier alpha value is -0.810. The van der Waals surface area contributed by atoms with Crippen LogP contribution in [0.1, 0.15) is 16.5 Å². The summed E-state index contributed by atoms with van der Waals surface area (Å²) in [6.45, 7) is 0. The number of hydrazine groups is 1. The van der Waals surface area contributed by atoms with Crippen LogP contribution in [0.25, 0.3) is 0 Å². The van der Waals surface area contributed by atoms with Crippen LogP contribution in [0, 0.1) is 0 Å². The first kappa shape index (κ1) is 10.7. The minimum absolute atomic E-state index is 0.0371. The maximum Gasteiger partial charge on any atom is 0.0935 e. The van der Waals surface area contributed by atoms with Crippen LogP contribution in [0.4, 0.5) is 0 Å². The summed E-state index contributed by atoms with van der Waals surface area (Å²) in [6.07, 6.45) is 4.14. The molecule has 0 aliphatic carbocycles. The van der Waals surface area contributed by atoms with E-state index >= 15 is 0 Å². The first-order chi connectivity index (χ1) is 7.31. The molecule has 0 aliphatic heterocycles. The van der Waals surface area contributed by atoms with Crippen molar-refractivity contribution < 1.29 is 4.42 Å². The summed E-state index contributed by atoms with van der Waals surface area (Å²) in [5.41, 5.74) is 3.87. The second-order valence-electron chi connectivity index (χ2n) is 3.19. The Morgan fingerprint density at radius 3 is 2.93 bits per heavy atom. The molecule has 0 saturated carbocycles. The van der Waals surface area contributed by atoms with Crippen molar-refractivity contribution in [2.24, 2.45) is 5.84 Å². The highest BCUT2D eigenvalue weighted by Gasteiger charge is 2.15. The lowest BCUT2D eigenvalue weighted by molar-refractivity contribution is 0.541. The highest BCUT2D eigenvalue weighted by Crippen LogP contribution is 2.30. The normalized spacial score (nSPS) is 12.9. The topological polar surface area (TPSA) is 51.2 Å². The minimum Gasteiger partial charge on any atom is -0.472 e. The lowest BCUT2D eigenvalue weighted by Gasteiger charge is -2.13. The van der Waals surface area contributed by atoms with Gasteiger partial charge in [0.25, 0.3) is 0 Å². The van der Waals surface area contributed by atoms with Crippen LogP contribution in [0.3, 0.4) is 0 Å². The smallest absolute Gasteiger partial charge is 0.0935 e. The summed E-state index contributed by atoms with van der Waals surface area (Å²) in [7, 11) is 0. The number of hydrogen-bond acceptors (Lipinski definition) is 4. The van der Waals surface area contributed by atoms with Crippen molar-refractivity contribution in [3.8, 4) is 0 Å². The molecule has 0 spiro atoms. The van der Waals surface area contributed by atoms with E-state index in [1.807, 2.05) is 17.5 Å².